The lowest BCUT2D eigenvalue weighted by molar-refractivity contribution is 0.251. The molecule has 0 saturated carbocycles. The summed E-state index contributed by atoms with van der Waals surface area (Å²) in [5.74, 6) is -1.67. The van der Waals surface area contributed by atoms with Crippen molar-refractivity contribution in [3.05, 3.63) is 16.1 Å². The molecule has 2 amide bonds. The number of hydrogen-bond donors (Lipinski definition) is 5. The Morgan fingerprint density at radius 1 is 1.39 bits per heavy atom. The summed E-state index contributed by atoms with van der Waals surface area (Å²) in [4.78, 5) is 12.2. The van der Waals surface area contributed by atoms with E-state index in [1.807, 2.05) is 0 Å². The minimum Gasteiger partial charge on any atom is -0.506 e. The van der Waals surface area contributed by atoms with Gasteiger partial charge in [0, 0.05) is 13.1 Å². The molecule has 6 N–H and O–H groups in total. The Morgan fingerprint density at radius 3 is 2.17 bits per heavy atom. The van der Waals surface area contributed by atoms with E-state index in [0.717, 1.165) is 6.07 Å². The molecule has 1 aromatic carbocycles. The Kier molecular flexibility index (Phi) is 4.10. The van der Waals surface area contributed by atoms with Gasteiger partial charge in [-0.15, -0.1) is 0 Å². The molecular formula is C9H10Cl2N4O3. The molecule has 0 atom stereocenters. The highest BCUT2D eigenvalue weighted by molar-refractivity contribution is 6.43. The minimum absolute atomic E-state index is 0.275. The molecule has 18 heavy (non-hydrogen) atoms. The third kappa shape index (κ3) is 2.36. The zero-order valence-corrected chi connectivity index (χ0v) is 10.7. The van der Waals surface area contributed by atoms with Crippen LogP contribution in [0.5, 0.6) is 11.5 Å². The maximum Gasteiger partial charge on any atom is 0.328 e. The summed E-state index contributed by atoms with van der Waals surface area (Å²) in [5, 5.41) is 27.9. The fourth-order valence-electron chi connectivity index (χ4n) is 1.23. The van der Waals surface area contributed by atoms with Crippen LogP contribution in [0.3, 0.4) is 0 Å². The third-order valence-corrected chi connectivity index (χ3v) is 2.77. The molecule has 0 unspecified atom stereocenters. The smallest absolute Gasteiger partial charge is 0.328 e. The first kappa shape index (κ1) is 14.2. The molecule has 0 aliphatic heterocycles. The molecular weight excluding hydrogens is 283 g/mol. The Labute approximate surface area is 112 Å². The van der Waals surface area contributed by atoms with Crippen LogP contribution in [0.15, 0.2) is 6.07 Å². The average Bonchev–Trinajstić information content (AvgIpc) is 2.30. The van der Waals surface area contributed by atoms with E-state index in [0.29, 0.717) is 4.90 Å². The molecule has 0 aliphatic carbocycles. The van der Waals surface area contributed by atoms with E-state index in [4.69, 9.17) is 34.3 Å². The zero-order chi connectivity index (χ0) is 14.0. The van der Waals surface area contributed by atoms with Crippen molar-refractivity contribution < 1.29 is 15.0 Å². The molecule has 0 aliphatic rings. The normalized spacial score (nSPS) is 9.94. The number of amides is 2. The average molecular weight is 293 g/mol. The number of nitrogens with zero attached hydrogens (tertiary/aromatic N) is 1. The van der Waals surface area contributed by atoms with E-state index in [1.54, 1.807) is 0 Å². The predicted octanol–water partition coefficient (Wildman–Crippen LogP) is 1.44. The van der Waals surface area contributed by atoms with Gasteiger partial charge in [0.1, 0.15) is 21.5 Å². The molecule has 0 aromatic heterocycles. The second-order valence-corrected chi connectivity index (χ2v) is 3.92. The predicted molar refractivity (Wildman–Crippen MR) is 68.6 cm³/mol. The minimum atomic E-state index is -0.795. The number of aromatic hydroxyl groups is 2. The molecule has 98 valence electrons. The van der Waals surface area contributed by atoms with Gasteiger partial charge in [-0.3, -0.25) is 5.41 Å². The van der Waals surface area contributed by atoms with Crippen LogP contribution >= 0.6 is 23.2 Å². The number of anilines is 1. The van der Waals surface area contributed by atoms with E-state index < -0.39 is 23.5 Å². The van der Waals surface area contributed by atoms with Gasteiger partial charge in [0.2, 0.25) is 5.96 Å². The lowest BCUT2D eigenvalue weighted by Gasteiger charge is -2.23. The second kappa shape index (κ2) is 5.19. The number of guanidine groups is 1. The molecule has 0 spiro atoms. The van der Waals surface area contributed by atoms with Gasteiger partial charge in [-0.2, -0.15) is 0 Å². The van der Waals surface area contributed by atoms with Crippen LogP contribution in [-0.4, -0.2) is 29.3 Å². The van der Waals surface area contributed by atoms with Gasteiger partial charge in [-0.1, -0.05) is 23.2 Å². The SMILES string of the molecule is CNC(=O)N(C(=N)N)c1c(Cl)c(O)cc(O)c1Cl. The van der Waals surface area contributed by atoms with E-state index in [2.05, 4.69) is 5.32 Å². The van der Waals surface area contributed by atoms with Gasteiger partial charge in [0.25, 0.3) is 0 Å². The van der Waals surface area contributed by atoms with Gasteiger partial charge in [0.05, 0.1) is 5.69 Å². The van der Waals surface area contributed by atoms with Crippen molar-refractivity contribution in [2.75, 3.05) is 11.9 Å². The summed E-state index contributed by atoms with van der Waals surface area (Å²) in [6.45, 7) is 0. The fourth-order valence-corrected chi connectivity index (χ4v) is 1.75. The summed E-state index contributed by atoms with van der Waals surface area (Å²) in [6.07, 6.45) is 0. The highest BCUT2D eigenvalue weighted by atomic mass is 35.5. The van der Waals surface area contributed by atoms with Gasteiger partial charge >= 0.3 is 6.03 Å². The number of benzene rings is 1. The molecule has 7 nitrogen and oxygen atoms in total. The first-order valence-electron chi connectivity index (χ1n) is 4.57. The number of nitrogens with two attached hydrogens (primary N) is 1. The third-order valence-electron chi connectivity index (χ3n) is 2.02. The summed E-state index contributed by atoms with van der Waals surface area (Å²) >= 11 is 11.6. The second-order valence-electron chi connectivity index (χ2n) is 3.17. The van der Waals surface area contributed by atoms with Crippen molar-refractivity contribution in [1.29, 1.82) is 5.41 Å². The van der Waals surface area contributed by atoms with E-state index in [-0.39, 0.29) is 15.7 Å². The van der Waals surface area contributed by atoms with Crippen LogP contribution in [0.1, 0.15) is 0 Å². The van der Waals surface area contributed by atoms with Gasteiger partial charge in [-0.25, -0.2) is 9.69 Å². The van der Waals surface area contributed by atoms with Gasteiger partial charge < -0.3 is 21.3 Å². The highest BCUT2D eigenvalue weighted by Crippen LogP contribution is 2.45. The molecule has 0 fully saturated rings. The number of phenolic OH excluding ortho intramolecular Hbond substituents is 2. The van der Waals surface area contributed by atoms with E-state index in [1.165, 1.54) is 7.05 Å². The number of phenols is 2. The highest BCUT2D eigenvalue weighted by Gasteiger charge is 2.26. The largest absolute Gasteiger partial charge is 0.506 e. The number of carbonyl (C=O) groups is 1. The molecule has 0 heterocycles. The van der Waals surface area contributed by atoms with Crippen molar-refractivity contribution in [3.8, 4) is 11.5 Å². The van der Waals surface area contributed by atoms with Crippen LogP contribution < -0.4 is 16.0 Å². The monoisotopic (exact) mass is 292 g/mol. The number of halogens is 2. The topological polar surface area (TPSA) is 123 Å². The van der Waals surface area contributed by atoms with Crippen molar-refractivity contribution in [3.63, 3.8) is 0 Å². The Bertz CT molecular complexity index is 495. The van der Waals surface area contributed by atoms with Crippen molar-refractivity contribution in [2.45, 2.75) is 0 Å². The number of nitrogens with one attached hydrogen (secondary N) is 2. The molecule has 1 rings (SSSR count). The standard InChI is InChI=1S/C9H10Cl2N4O3/c1-14-9(18)15(8(12)13)7-5(10)3(16)2-4(17)6(7)11/h2,16-17H,1H3,(H3,12,13)(H,14,18). The van der Waals surface area contributed by atoms with Crippen LogP contribution in [0.2, 0.25) is 10.0 Å². The van der Waals surface area contributed by atoms with Crippen LogP contribution in [-0.2, 0) is 0 Å². The van der Waals surface area contributed by atoms with Crippen LogP contribution in [0.4, 0.5) is 10.5 Å². The molecule has 0 radical (unpaired) electrons. The number of hydrogen-bond acceptors (Lipinski definition) is 4. The van der Waals surface area contributed by atoms with Crippen LogP contribution in [0, 0.1) is 5.41 Å². The number of rotatable bonds is 1. The quantitative estimate of drug-likeness (QED) is 0.397. The van der Waals surface area contributed by atoms with E-state index >= 15 is 0 Å². The first-order chi connectivity index (χ1) is 8.31. The number of carbonyl (C=O) groups excluding carboxylic acids is 1. The lowest BCUT2D eigenvalue weighted by atomic mass is 10.2. The fraction of sp³-hybridized carbons (Fsp3) is 0.111. The summed E-state index contributed by atoms with van der Waals surface area (Å²) in [7, 11) is 1.31. The Morgan fingerprint density at radius 2 is 1.83 bits per heavy atom. The van der Waals surface area contributed by atoms with Gasteiger partial charge in [0.15, 0.2) is 0 Å². The summed E-state index contributed by atoms with van der Waals surface area (Å²) in [6, 6.07) is 0.118. The lowest BCUT2D eigenvalue weighted by Crippen LogP contribution is -2.46. The first-order valence-corrected chi connectivity index (χ1v) is 5.32. The van der Waals surface area contributed by atoms with Crippen molar-refractivity contribution in [2.24, 2.45) is 5.73 Å². The molecule has 9 heteroatoms. The number of urea groups is 1. The van der Waals surface area contributed by atoms with Gasteiger partial charge in [-0.05, 0) is 0 Å². The summed E-state index contributed by atoms with van der Waals surface area (Å²) < 4.78 is 0. The molecule has 0 bridgehead atoms. The van der Waals surface area contributed by atoms with Crippen molar-refractivity contribution >= 4 is 40.9 Å². The maximum atomic E-state index is 11.6. The Balaban J connectivity index is 3.55. The molecule has 1 aromatic rings. The zero-order valence-electron chi connectivity index (χ0n) is 9.16. The Hall–Kier alpha value is -1.86. The van der Waals surface area contributed by atoms with E-state index in [9.17, 15) is 15.0 Å². The van der Waals surface area contributed by atoms with Crippen molar-refractivity contribution in [1.82, 2.24) is 5.32 Å². The maximum absolute atomic E-state index is 11.6. The summed E-state index contributed by atoms with van der Waals surface area (Å²) in [5.41, 5.74) is 4.98. The molecule has 0 saturated heterocycles. The van der Waals surface area contributed by atoms with Crippen LogP contribution in [0.25, 0.3) is 0 Å².